The summed E-state index contributed by atoms with van der Waals surface area (Å²) in [5, 5.41) is 0. The van der Waals surface area contributed by atoms with Gasteiger partial charge in [-0.15, -0.1) is 0 Å². The Balaban J connectivity index is 2.20. The lowest BCUT2D eigenvalue weighted by atomic mass is 10.1. The fourth-order valence-electron chi connectivity index (χ4n) is 1.87. The average Bonchev–Trinajstić information content (AvgIpc) is 2.53. The van der Waals surface area contributed by atoms with E-state index < -0.39 is 0 Å². The van der Waals surface area contributed by atoms with Gasteiger partial charge in [0.15, 0.2) is 5.78 Å². The number of nitrogen functional groups attached to an aromatic ring is 1. The van der Waals surface area contributed by atoms with E-state index in [4.69, 9.17) is 15.2 Å². The van der Waals surface area contributed by atoms with Crippen molar-refractivity contribution in [2.24, 2.45) is 0 Å². The van der Waals surface area contributed by atoms with E-state index in [-0.39, 0.29) is 5.78 Å². The van der Waals surface area contributed by atoms with Crippen molar-refractivity contribution in [2.45, 2.75) is 0 Å². The molecule has 4 heteroatoms. The van der Waals surface area contributed by atoms with Crippen molar-refractivity contribution >= 4 is 17.5 Å². The largest absolute Gasteiger partial charge is 0.497 e. The molecule has 2 aromatic rings. The second kappa shape index (κ2) is 6.61. The van der Waals surface area contributed by atoms with Gasteiger partial charge in [-0.1, -0.05) is 0 Å². The number of carbonyl (C=O) groups excluding carboxylic acids is 1. The molecule has 2 aromatic carbocycles. The predicted octanol–water partition coefficient (Wildman–Crippen LogP) is 3.18. The lowest BCUT2D eigenvalue weighted by molar-refractivity contribution is 0.104. The van der Waals surface area contributed by atoms with Crippen molar-refractivity contribution in [3.63, 3.8) is 0 Å². The predicted molar refractivity (Wildman–Crippen MR) is 83.8 cm³/mol. The third-order valence-electron chi connectivity index (χ3n) is 3.05. The maximum absolute atomic E-state index is 12.1. The molecule has 4 nitrogen and oxygen atoms in total. The Labute approximate surface area is 123 Å². The molecule has 0 heterocycles. The average molecular weight is 283 g/mol. The smallest absolute Gasteiger partial charge is 0.185 e. The molecule has 0 bridgehead atoms. The molecule has 2 N–H and O–H groups in total. The summed E-state index contributed by atoms with van der Waals surface area (Å²) in [5.41, 5.74) is 7.63. The van der Waals surface area contributed by atoms with Crippen molar-refractivity contribution in [3.05, 3.63) is 59.7 Å². The van der Waals surface area contributed by atoms with Crippen LogP contribution in [-0.4, -0.2) is 20.0 Å². The molecular formula is C17H17NO3. The minimum Gasteiger partial charge on any atom is -0.497 e. The van der Waals surface area contributed by atoms with E-state index in [1.807, 2.05) is 12.1 Å². The van der Waals surface area contributed by atoms with Crippen LogP contribution in [0.3, 0.4) is 0 Å². The monoisotopic (exact) mass is 283 g/mol. The summed E-state index contributed by atoms with van der Waals surface area (Å²) in [5.74, 6) is 1.26. The third-order valence-corrected chi connectivity index (χ3v) is 3.05. The Morgan fingerprint density at radius 1 is 1.05 bits per heavy atom. The van der Waals surface area contributed by atoms with Crippen LogP contribution in [0.5, 0.6) is 11.5 Å². The first kappa shape index (κ1) is 14.7. The van der Waals surface area contributed by atoms with Gasteiger partial charge in [0.25, 0.3) is 0 Å². The Bertz CT molecular complexity index is 660. The number of carbonyl (C=O) groups is 1. The van der Waals surface area contributed by atoms with Crippen LogP contribution in [0.1, 0.15) is 15.9 Å². The maximum atomic E-state index is 12.1. The number of hydrogen-bond donors (Lipinski definition) is 1. The van der Waals surface area contributed by atoms with Crippen LogP contribution < -0.4 is 15.2 Å². The summed E-state index contributed by atoms with van der Waals surface area (Å²) >= 11 is 0. The molecule has 0 aliphatic carbocycles. The number of hydrogen-bond acceptors (Lipinski definition) is 4. The molecular weight excluding hydrogens is 266 g/mol. The first-order chi connectivity index (χ1) is 10.1. The zero-order valence-corrected chi connectivity index (χ0v) is 12.0. The molecule has 0 fully saturated rings. The second-order valence-corrected chi connectivity index (χ2v) is 4.43. The molecule has 0 spiro atoms. The van der Waals surface area contributed by atoms with Gasteiger partial charge in [0.05, 0.1) is 14.2 Å². The van der Waals surface area contributed by atoms with Gasteiger partial charge >= 0.3 is 0 Å². The van der Waals surface area contributed by atoms with E-state index in [0.717, 1.165) is 5.56 Å². The lowest BCUT2D eigenvalue weighted by Gasteiger charge is -2.07. The van der Waals surface area contributed by atoms with E-state index in [1.54, 1.807) is 50.6 Å². The Morgan fingerprint density at radius 2 is 1.76 bits per heavy atom. The molecule has 0 unspecified atom stereocenters. The first-order valence-corrected chi connectivity index (χ1v) is 6.44. The highest BCUT2D eigenvalue weighted by Gasteiger charge is 2.04. The third kappa shape index (κ3) is 3.63. The number of nitrogens with two attached hydrogens (primary N) is 1. The van der Waals surface area contributed by atoms with Crippen LogP contribution in [0.25, 0.3) is 6.08 Å². The fourth-order valence-corrected chi connectivity index (χ4v) is 1.87. The molecule has 0 saturated carbocycles. The zero-order chi connectivity index (χ0) is 15.2. The standard InChI is InChI=1S/C17H17NO3/c1-20-15-9-5-13(17(11-15)21-2)6-10-16(19)12-3-7-14(18)8-4-12/h3-11H,18H2,1-2H3/b10-6+. The van der Waals surface area contributed by atoms with E-state index in [9.17, 15) is 4.79 Å². The second-order valence-electron chi connectivity index (χ2n) is 4.43. The van der Waals surface area contributed by atoms with Crippen molar-refractivity contribution < 1.29 is 14.3 Å². The molecule has 0 atom stereocenters. The molecule has 0 aliphatic rings. The number of benzene rings is 2. The molecule has 108 valence electrons. The number of anilines is 1. The molecule has 21 heavy (non-hydrogen) atoms. The van der Waals surface area contributed by atoms with Crippen LogP contribution in [0, 0.1) is 0 Å². The van der Waals surface area contributed by atoms with Gasteiger partial charge < -0.3 is 15.2 Å². The number of allylic oxidation sites excluding steroid dienone is 1. The summed E-state index contributed by atoms with van der Waals surface area (Å²) in [6.07, 6.45) is 3.23. The SMILES string of the molecule is COc1ccc(/C=C/C(=O)c2ccc(N)cc2)c(OC)c1. The summed E-state index contributed by atoms with van der Waals surface area (Å²) < 4.78 is 10.4. The van der Waals surface area contributed by atoms with Crippen molar-refractivity contribution in [2.75, 3.05) is 20.0 Å². The summed E-state index contributed by atoms with van der Waals surface area (Å²) in [6.45, 7) is 0. The molecule has 0 radical (unpaired) electrons. The van der Waals surface area contributed by atoms with Gasteiger partial charge in [-0.2, -0.15) is 0 Å². The van der Waals surface area contributed by atoms with E-state index in [1.165, 1.54) is 6.08 Å². The van der Waals surface area contributed by atoms with Gasteiger partial charge in [-0.05, 0) is 48.6 Å². The number of rotatable bonds is 5. The zero-order valence-electron chi connectivity index (χ0n) is 12.0. The number of ketones is 1. The lowest BCUT2D eigenvalue weighted by Crippen LogP contribution is -1.95. The van der Waals surface area contributed by atoms with Crippen LogP contribution in [-0.2, 0) is 0 Å². The summed E-state index contributed by atoms with van der Waals surface area (Å²) in [7, 11) is 3.17. The fraction of sp³-hybridized carbons (Fsp3) is 0.118. The minimum atomic E-state index is -0.0899. The minimum absolute atomic E-state index is 0.0899. The van der Waals surface area contributed by atoms with Gasteiger partial charge in [-0.25, -0.2) is 0 Å². The molecule has 2 rings (SSSR count). The van der Waals surface area contributed by atoms with Crippen molar-refractivity contribution in [1.29, 1.82) is 0 Å². The molecule has 0 amide bonds. The Hall–Kier alpha value is -2.75. The van der Waals surface area contributed by atoms with Gasteiger partial charge in [0, 0.05) is 22.9 Å². The normalized spacial score (nSPS) is 10.6. The maximum Gasteiger partial charge on any atom is 0.185 e. The van der Waals surface area contributed by atoms with Gasteiger partial charge in [-0.3, -0.25) is 4.79 Å². The highest BCUT2D eigenvalue weighted by molar-refractivity contribution is 6.07. The van der Waals surface area contributed by atoms with E-state index in [2.05, 4.69) is 0 Å². The van der Waals surface area contributed by atoms with Crippen LogP contribution >= 0.6 is 0 Å². The number of ether oxygens (including phenoxy) is 2. The summed E-state index contributed by atoms with van der Waals surface area (Å²) in [4.78, 5) is 12.1. The molecule has 0 aliphatic heterocycles. The van der Waals surface area contributed by atoms with Crippen LogP contribution in [0.4, 0.5) is 5.69 Å². The van der Waals surface area contributed by atoms with Gasteiger partial charge in [0.1, 0.15) is 11.5 Å². The van der Waals surface area contributed by atoms with Crippen molar-refractivity contribution in [1.82, 2.24) is 0 Å². The molecule has 0 saturated heterocycles. The molecule has 0 aromatic heterocycles. The first-order valence-electron chi connectivity index (χ1n) is 6.44. The van der Waals surface area contributed by atoms with E-state index in [0.29, 0.717) is 22.7 Å². The number of methoxy groups -OCH3 is 2. The van der Waals surface area contributed by atoms with E-state index >= 15 is 0 Å². The Morgan fingerprint density at radius 3 is 2.38 bits per heavy atom. The summed E-state index contributed by atoms with van der Waals surface area (Å²) in [6, 6.07) is 12.2. The Kier molecular flexibility index (Phi) is 4.61. The van der Waals surface area contributed by atoms with Gasteiger partial charge in [0.2, 0.25) is 0 Å². The quantitative estimate of drug-likeness (QED) is 0.520. The highest BCUT2D eigenvalue weighted by atomic mass is 16.5. The van der Waals surface area contributed by atoms with Crippen LogP contribution in [0.2, 0.25) is 0 Å². The van der Waals surface area contributed by atoms with Crippen LogP contribution in [0.15, 0.2) is 48.5 Å². The van der Waals surface area contributed by atoms with Crippen molar-refractivity contribution in [3.8, 4) is 11.5 Å². The highest BCUT2D eigenvalue weighted by Crippen LogP contribution is 2.25. The topological polar surface area (TPSA) is 61.5 Å².